The second-order valence-electron chi connectivity index (χ2n) is 2.44. The van der Waals surface area contributed by atoms with Crippen molar-refractivity contribution in [1.29, 1.82) is 10.5 Å². The molecule has 0 aliphatic carbocycles. The first-order valence-electron chi connectivity index (χ1n) is 3.83. The molecule has 0 heterocycles. The van der Waals surface area contributed by atoms with Gasteiger partial charge in [0.25, 0.3) is 0 Å². The van der Waals surface area contributed by atoms with E-state index in [1.807, 2.05) is 12.1 Å². The summed E-state index contributed by atoms with van der Waals surface area (Å²) in [7, 11) is 0. The molecular weight excluding hydrogens is 179 g/mol. The number of benzene rings is 1. The Bertz CT molecular complexity index is 481. The monoisotopic (exact) mass is 184 g/mol. The molecule has 0 bridgehead atoms. The minimum absolute atomic E-state index is 0.0708. The fourth-order valence-corrected chi connectivity index (χ4v) is 0.896. The van der Waals surface area contributed by atoms with Crippen molar-refractivity contribution in [2.24, 2.45) is 0 Å². The Morgan fingerprint density at radius 1 is 1.21 bits per heavy atom. The molecule has 66 valence electrons. The maximum atomic E-state index is 12.8. The molecule has 0 fully saturated rings. The van der Waals surface area contributed by atoms with Crippen molar-refractivity contribution >= 4 is 0 Å². The summed E-state index contributed by atoms with van der Waals surface area (Å²) in [4.78, 5) is 0. The normalized spacial score (nSPS) is 7.93. The number of hydrogen-bond donors (Lipinski definition) is 0. The summed E-state index contributed by atoms with van der Waals surface area (Å²) in [5, 5.41) is 16.9. The Hall–Kier alpha value is -2.31. The molecular formula is C11H5FN2. The summed E-state index contributed by atoms with van der Waals surface area (Å²) < 4.78 is 12.8. The maximum absolute atomic E-state index is 12.8. The van der Waals surface area contributed by atoms with E-state index in [-0.39, 0.29) is 6.42 Å². The van der Waals surface area contributed by atoms with Crippen LogP contribution < -0.4 is 0 Å². The lowest BCUT2D eigenvalue weighted by molar-refractivity contribution is 0.627. The molecule has 3 heteroatoms. The van der Waals surface area contributed by atoms with Crippen molar-refractivity contribution in [3.8, 4) is 24.0 Å². The van der Waals surface area contributed by atoms with Crippen LogP contribution in [-0.2, 0) is 0 Å². The van der Waals surface area contributed by atoms with Crippen LogP contribution in [0.4, 0.5) is 4.39 Å². The van der Waals surface area contributed by atoms with Gasteiger partial charge >= 0.3 is 0 Å². The first kappa shape index (κ1) is 9.78. The molecule has 1 aromatic carbocycles. The van der Waals surface area contributed by atoms with Crippen molar-refractivity contribution in [1.82, 2.24) is 0 Å². The standard InChI is InChI=1S/C11H5FN2/c12-11-5-4-10(8-14)9(7-11)3-1-2-6-13/h4-5,7H,2H2. The van der Waals surface area contributed by atoms with E-state index in [0.717, 1.165) is 0 Å². The molecule has 2 nitrogen and oxygen atoms in total. The highest BCUT2D eigenvalue weighted by Gasteiger charge is 1.99. The average Bonchev–Trinajstić information content (AvgIpc) is 2.19. The zero-order valence-corrected chi connectivity index (χ0v) is 7.21. The summed E-state index contributed by atoms with van der Waals surface area (Å²) >= 11 is 0. The Kier molecular flexibility index (Phi) is 3.25. The van der Waals surface area contributed by atoms with Crippen LogP contribution in [0.5, 0.6) is 0 Å². The van der Waals surface area contributed by atoms with E-state index in [4.69, 9.17) is 10.5 Å². The maximum Gasteiger partial charge on any atom is 0.124 e. The van der Waals surface area contributed by atoms with Crippen LogP contribution >= 0.6 is 0 Å². The second-order valence-corrected chi connectivity index (χ2v) is 2.44. The fourth-order valence-electron chi connectivity index (χ4n) is 0.896. The quantitative estimate of drug-likeness (QED) is 0.578. The fraction of sp³-hybridized carbons (Fsp3) is 0.0909. The van der Waals surface area contributed by atoms with Gasteiger partial charge in [0.2, 0.25) is 0 Å². The van der Waals surface area contributed by atoms with Crippen LogP contribution in [0.1, 0.15) is 17.5 Å². The lowest BCUT2D eigenvalue weighted by Crippen LogP contribution is -1.85. The van der Waals surface area contributed by atoms with Gasteiger partial charge in [-0.15, -0.1) is 0 Å². The van der Waals surface area contributed by atoms with Crippen LogP contribution in [0, 0.1) is 40.3 Å². The Labute approximate surface area is 81.2 Å². The summed E-state index contributed by atoms with van der Waals surface area (Å²) in [6.45, 7) is 0. The van der Waals surface area contributed by atoms with Crippen molar-refractivity contribution < 1.29 is 4.39 Å². The van der Waals surface area contributed by atoms with E-state index in [9.17, 15) is 4.39 Å². The van der Waals surface area contributed by atoms with E-state index in [1.165, 1.54) is 18.2 Å². The van der Waals surface area contributed by atoms with Gasteiger partial charge in [0, 0.05) is 5.56 Å². The predicted octanol–water partition coefficient (Wildman–Crippen LogP) is 1.96. The van der Waals surface area contributed by atoms with Gasteiger partial charge in [0.15, 0.2) is 0 Å². The SMILES string of the molecule is N#CCC#Cc1cc(F)ccc1C#N. The summed E-state index contributed by atoms with van der Waals surface area (Å²) in [5.74, 6) is 4.66. The van der Waals surface area contributed by atoms with Crippen molar-refractivity contribution in [2.45, 2.75) is 6.42 Å². The molecule has 0 amide bonds. The number of nitrogens with zero attached hydrogens (tertiary/aromatic N) is 2. The van der Waals surface area contributed by atoms with Crippen molar-refractivity contribution in [2.75, 3.05) is 0 Å². The van der Waals surface area contributed by atoms with E-state index in [1.54, 1.807) is 0 Å². The largest absolute Gasteiger partial charge is 0.207 e. The van der Waals surface area contributed by atoms with Crippen LogP contribution in [0.3, 0.4) is 0 Å². The molecule has 0 spiro atoms. The number of hydrogen-bond acceptors (Lipinski definition) is 2. The number of rotatable bonds is 0. The molecule has 1 aromatic rings. The molecule has 0 N–H and O–H groups in total. The Morgan fingerprint density at radius 2 is 2.00 bits per heavy atom. The highest BCUT2D eigenvalue weighted by atomic mass is 19.1. The molecule has 0 saturated carbocycles. The highest BCUT2D eigenvalue weighted by Crippen LogP contribution is 2.08. The summed E-state index contributed by atoms with van der Waals surface area (Å²) in [5.41, 5.74) is 0.639. The molecule has 0 saturated heterocycles. The predicted molar refractivity (Wildman–Crippen MR) is 48.2 cm³/mol. The smallest absolute Gasteiger partial charge is 0.124 e. The third-order valence-electron chi connectivity index (χ3n) is 1.49. The first-order valence-corrected chi connectivity index (χ1v) is 3.83. The Balaban J connectivity index is 3.10. The number of nitriles is 2. The molecule has 0 unspecified atom stereocenters. The number of halogens is 1. The molecule has 0 aliphatic rings. The van der Waals surface area contributed by atoms with Gasteiger partial charge in [-0.3, -0.25) is 0 Å². The van der Waals surface area contributed by atoms with E-state index >= 15 is 0 Å². The van der Waals surface area contributed by atoms with E-state index < -0.39 is 5.82 Å². The molecule has 0 aliphatic heterocycles. The molecule has 14 heavy (non-hydrogen) atoms. The van der Waals surface area contributed by atoms with Crippen LogP contribution in [-0.4, -0.2) is 0 Å². The molecule has 0 radical (unpaired) electrons. The van der Waals surface area contributed by atoms with Gasteiger partial charge in [-0.1, -0.05) is 11.8 Å². The van der Waals surface area contributed by atoms with E-state index in [0.29, 0.717) is 11.1 Å². The Morgan fingerprint density at radius 3 is 2.64 bits per heavy atom. The molecule has 0 aromatic heterocycles. The zero-order chi connectivity index (χ0) is 10.4. The van der Waals surface area contributed by atoms with Crippen LogP contribution in [0.15, 0.2) is 18.2 Å². The van der Waals surface area contributed by atoms with Crippen LogP contribution in [0.25, 0.3) is 0 Å². The van der Waals surface area contributed by atoms with E-state index in [2.05, 4.69) is 11.8 Å². The third-order valence-corrected chi connectivity index (χ3v) is 1.49. The minimum atomic E-state index is -0.440. The van der Waals surface area contributed by atoms with Gasteiger partial charge in [-0.2, -0.15) is 10.5 Å². The van der Waals surface area contributed by atoms with Crippen molar-refractivity contribution in [3.63, 3.8) is 0 Å². The third kappa shape index (κ3) is 2.34. The lowest BCUT2D eigenvalue weighted by Gasteiger charge is -1.93. The second kappa shape index (κ2) is 4.65. The van der Waals surface area contributed by atoms with Crippen LogP contribution in [0.2, 0.25) is 0 Å². The summed E-state index contributed by atoms with van der Waals surface area (Å²) in [6, 6.07) is 7.49. The van der Waals surface area contributed by atoms with Gasteiger partial charge in [-0.25, -0.2) is 4.39 Å². The molecule has 0 atom stereocenters. The van der Waals surface area contributed by atoms with Gasteiger partial charge < -0.3 is 0 Å². The highest BCUT2D eigenvalue weighted by molar-refractivity contribution is 5.48. The lowest BCUT2D eigenvalue weighted by atomic mass is 10.1. The zero-order valence-electron chi connectivity index (χ0n) is 7.21. The summed E-state index contributed by atoms with van der Waals surface area (Å²) in [6.07, 6.45) is 0.0708. The van der Waals surface area contributed by atoms with Gasteiger partial charge in [0.05, 0.1) is 18.1 Å². The first-order chi connectivity index (χ1) is 6.77. The van der Waals surface area contributed by atoms with Gasteiger partial charge in [-0.05, 0) is 18.2 Å². The molecule has 1 rings (SSSR count). The van der Waals surface area contributed by atoms with Gasteiger partial charge in [0.1, 0.15) is 11.9 Å². The average molecular weight is 184 g/mol. The van der Waals surface area contributed by atoms with Crippen molar-refractivity contribution in [3.05, 3.63) is 35.1 Å². The minimum Gasteiger partial charge on any atom is -0.207 e. The topological polar surface area (TPSA) is 47.6 Å².